The van der Waals surface area contributed by atoms with E-state index in [0.717, 1.165) is 10.9 Å². The van der Waals surface area contributed by atoms with Crippen LogP contribution in [-0.2, 0) is 4.79 Å². The van der Waals surface area contributed by atoms with Gasteiger partial charge in [-0.1, -0.05) is 18.2 Å². The van der Waals surface area contributed by atoms with Crippen molar-refractivity contribution in [3.63, 3.8) is 0 Å². The zero-order valence-corrected chi connectivity index (χ0v) is 16.4. The van der Waals surface area contributed by atoms with Crippen LogP contribution in [0.5, 0.6) is 17.2 Å². The van der Waals surface area contributed by atoms with Gasteiger partial charge in [0.25, 0.3) is 5.91 Å². The Morgan fingerprint density at radius 1 is 1.00 bits per heavy atom. The summed E-state index contributed by atoms with van der Waals surface area (Å²) in [7, 11) is 0. The van der Waals surface area contributed by atoms with Gasteiger partial charge in [0.2, 0.25) is 0 Å². The minimum atomic E-state index is -0.370. The Morgan fingerprint density at radius 3 is 2.62 bits per heavy atom. The van der Waals surface area contributed by atoms with Gasteiger partial charge in [0.05, 0.1) is 19.4 Å². The fraction of sp³-hybridized carbons (Fsp3) is 0.227. The lowest BCUT2D eigenvalue weighted by Crippen LogP contribution is -2.24. The normalized spacial score (nSPS) is 10.8. The molecule has 29 heavy (non-hydrogen) atoms. The molecule has 3 rings (SSSR count). The molecule has 2 aromatic carbocycles. The fourth-order valence-electron chi connectivity index (χ4n) is 2.70. The highest BCUT2D eigenvalue weighted by Gasteiger charge is 2.07. The predicted octanol–water partition coefficient (Wildman–Crippen LogP) is 3.56. The molecule has 0 bridgehead atoms. The number of pyridine rings is 1. The number of amides is 1. The number of aromatic nitrogens is 1. The average molecular weight is 393 g/mol. The Hall–Kier alpha value is -3.61. The highest BCUT2D eigenvalue weighted by atomic mass is 16.5. The summed E-state index contributed by atoms with van der Waals surface area (Å²) in [6.07, 6.45) is 3.22. The van der Waals surface area contributed by atoms with E-state index < -0.39 is 0 Å². The Morgan fingerprint density at radius 2 is 1.79 bits per heavy atom. The molecule has 3 aromatic rings. The minimum Gasteiger partial charge on any atom is -0.490 e. The number of hydrogen-bond donors (Lipinski definition) is 1. The number of para-hydroxylation sites is 1. The molecule has 0 saturated carbocycles. The van der Waals surface area contributed by atoms with E-state index in [2.05, 4.69) is 15.5 Å². The van der Waals surface area contributed by atoms with Crippen LogP contribution >= 0.6 is 0 Å². The lowest BCUT2D eigenvalue weighted by molar-refractivity contribution is -0.123. The summed E-state index contributed by atoms with van der Waals surface area (Å²) in [6, 6.07) is 14.8. The molecule has 1 aromatic heterocycles. The van der Waals surface area contributed by atoms with Crippen LogP contribution in [0.3, 0.4) is 0 Å². The van der Waals surface area contributed by atoms with Crippen molar-refractivity contribution in [2.24, 2.45) is 5.10 Å². The van der Waals surface area contributed by atoms with Crippen LogP contribution in [0.15, 0.2) is 59.8 Å². The molecule has 0 radical (unpaired) electrons. The number of hydrogen-bond acceptors (Lipinski definition) is 6. The van der Waals surface area contributed by atoms with E-state index in [1.807, 2.05) is 56.3 Å². The number of nitrogens with one attached hydrogen (secondary N) is 1. The highest BCUT2D eigenvalue weighted by molar-refractivity contribution is 5.86. The zero-order chi connectivity index (χ0) is 20.5. The molecule has 1 heterocycles. The first kappa shape index (κ1) is 20.1. The van der Waals surface area contributed by atoms with Crippen molar-refractivity contribution in [2.45, 2.75) is 13.8 Å². The van der Waals surface area contributed by atoms with Crippen LogP contribution in [0, 0.1) is 0 Å². The van der Waals surface area contributed by atoms with Crippen molar-refractivity contribution < 1.29 is 19.0 Å². The first-order chi connectivity index (χ1) is 14.2. The number of carbonyl (C=O) groups is 1. The van der Waals surface area contributed by atoms with Crippen molar-refractivity contribution in [3.05, 3.63) is 60.3 Å². The zero-order valence-electron chi connectivity index (χ0n) is 16.4. The van der Waals surface area contributed by atoms with Crippen LogP contribution in [0.2, 0.25) is 0 Å². The van der Waals surface area contributed by atoms with Gasteiger partial charge in [-0.2, -0.15) is 5.10 Å². The van der Waals surface area contributed by atoms with E-state index in [4.69, 9.17) is 14.2 Å². The molecule has 0 aliphatic rings. The molecular weight excluding hydrogens is 370 g/mol. The van der Waals surface area contributed by atoms with Gasteiger partial charge < -0.3 is 14.2 Å². The topological polar surface area (TPSA) is 82.0 Å². The second-order valence-corrected chi connectivity index (χ2v) is 5.99. The largest absolute Gasteiger partial charge is 0.490 e. The Balaban J connectivity index is 1.57. The smallest absolute Gasteiger partial charge is 0.277 e. The number of nitrogens with zero attached hydrogens (tertiary/aromatic N) is 2. The second kappa shape index (κ2) is 10.1. The van der Waals surface area contributed by atoms with Crippen LogP contribution in [-0.4, -0.2) is 36.9 Å². The van der Waals surface area contributed by atoms with Crippen molar-refractivity contribution in [3.8, 4) is 17.2 Å². The Kier molecular flexibility index (Phi) is 7.00. The van der Waals surface area contributed by atoms with Gasteiger partial charge in [-0.05, 0) is 49.7 Å². The molecule has 0 saturated heterocycles. The third-order valence-electron chi connectivity index (χ3n) is 3.92. The summed E-state index contributed by atoms with van der Waals surface area (Å²) in [4.78, 5) is 16.3. The van der Waals surface area contributed by atoms with Crippen LogP contribution < -0.4 is 19.6 Å². The van der Waals surface area contributed by atoms with Crippen LogP contribution in [0.1, 0.15) is 19.4 Å². The quantitative estimate of drug-likeness (QED) is 0.444. The van der Waals surface area contributed by atoms with Gasteiger partial charge in [0, 0.05) is 11.6 Å². The Bertz CT molecular complexity index is 999. The van der Waals surface area contributed by atoms with Crippen LogP contribution in [0.25, 0.3) is 10.9 Å². The summed E-state index contributed by atoms with van der Waals surface area (Å²) >= 11 is 0. The number of fused-ring (bicyclic) bond motifs is 1. The predicted molar refractivity (Wildman–Crippen MR) is 112 cm³/mol. The summed E-state index contributed by atoms with van der Waals surface area (Å²) in [5.41, 5.74) is 3.94. The fourth-order valence-corrected chi connectivity index (χ4v) is 2.70. The highest BCUT2D eigenvalue weighted by Crippen LogP contribution is 2.28. The molecule has 0 spiro atoms. The van der Waals surface area contributed by atoms with E-state index in [1.165, 1.54) is 6.21 Å². The summed E-state index contributed by atoms with van der Waals surface area (Å²) in [5.74, 6) is 1.49. The van der Waals surface area contributed by atoms with Gasteiger partial charge in [-0.25, -0.2) is 5.43 Å². The summed E-state index contributed by atoms with van der Waals surface area (Å²) in [6.45, 7) is 4.73. The maximum absolute atomic E-state index is 12.0. The molecule has 0 aliphatic heterocycles. The molecule has 150 valence electrons. The molecule has 0 atom stereocenters. The third kappa shape index (κ3) is 5.44. The maximum Gasteiger partial charge on any atom is 0.277 e. The first-order valence-corrected chi connectivity index (χ1v) is 9.39. The first-order valence-electron chi connectivity index (χ1n) is 9.39. The molecule has 0 unspecified atom stereocenters. The van der Waals surface area contributed by atoms with E-state index in [1.54, 1.807) is 12.3 Å². The SMILES string of the molecule is CCOc1ccc(/C=N/NC(=O)COc2cccc3cccnc23)cc1OCC. The minimum absolute atomic E-state index is 0.166. The van der Waals surface area contributed by atoms with E-state index in [9.17, 15) is 4.79 Å². The lowest BCUT2D eigenvalue weighted by atomic mass is 10.2. The van der Waals surface area contributed by atoms with Gasteiger partial charge >= 0.3 is 0 Å². The van der Waals surface area contributed by atoms with Crippen LogP contribution in [0.4, 0.5) is 0 Å². The van der Waals surface area contributed by atoms with E-state index in [-0.39, 0.29) is 12.5 Å². The van der Waals surface area contributed by atoms with Gasteiger partial charge in [-0.15, -0.1) is 0 Å². The molecule has 7 heteroatoms. The van der Waals surface area contributed by atoms with E-state index in [0.29, 0.717) is 36.0 Å². The van der Waals surface area contributed by atoms with Gasteiger partial charge in [-0.3, -0.25) is 9.78 Å². The number of rotatable bonds is 9. The number of benzene rings is 2. The molecule has 0 aliphatic carbocycles. The molecule has 1 N–H and O–H groups in total. The third-order valence-corrected chi connectivity index (χ3v) is 3.92. The standard InChI is InChI=1S/C22H23N3O4/c1-3-27-18-11-10-16(13-20(18)28-4-2)14-24-25-21(26)15-29-19-9-5-7-17-8-6-12-23-22(17)19/h5-14H,3-4,15H2,1-2H3,(H,25,26)/b24-14+. The molecule has 7 nitrogen and oxygen atoms in total. The van der Waals surface area contributed by atoms with Gasteiger partial charge in [0.15, 0.2) is 18.1 Å². The molecular formula is C22H23N3O4. The summed E-state index contributed by atoms with van der Waals surface area (Å²) < 4.78 is 16.7. The molecule has 1 amide bonds. The second-order valence-electron chi connectivity index (χ2n) is 5.99. The van der Waals surface area contributed by atoms with Crippen molar-refractivity contribution >= 4 is 23.0 Å². The number of ether oxygens (including phenoxy) is 3. The van der Waals surface area contributed by atoms with Crippen molar-refractivity contribution in [1.29, 1.82) is 0 Å². The maximum atomic E-state index is 12.0. The van der Waals surface area contributed by atoms with Crippen molar-refractivity contribution in [2.75, 3.05) is 19.8 Å². The van der Waals surface area contributed by atoms with Gasteiger partial charge in [0.1, 0.15) is 11.3 Å². The average Bonchev–Trinajstić information content (AvgIpc) is 2.74. The monoisotopic (exact) mass is 393 g/mol. The van der Waals surface area contributed by atoms with E-state index >= 15 is 0 Å². The van der Waals surface area contributed by atoms with Crippen molar-refractivity contribution in [1.82, 2.24) is 10.4 Å². The summed E-state index contributed by atoms with van der Waals surface area (Å²) in [5, 5.41) is 4.92. The Labute approximate surface area is 169 Å². The number of carbonyl (C=O) groups excluding carboxylic acids is 1. The number of hydrazone groups is 1. The lowest BCUT2D eigenvalue weighted by Gasteiger charge is -2.11. The molecule has 0 fully saturated rings.